The van der Waals surface area contributed by atoms with E-state index in [0.29, 0.717) is 0 Å². The highest BCUT2D eigenvalue weighted by Crippen LogP contribution is 2.24. The zero-order valence-corrected chi connectivity index (χ0v) is 12.9. The first kappa shape index (κ1) is 14.2. The molecule has 2 nitrogen and oxygen atoms in total. The van der Waals surface area contributed by atoms with Gasteiger partial charge in [-0.05, 0) is 43.3 Å². The summed E-state index contributed by atoms with van der Waals surface area (Å²) >= 11 is 6.29. The number of benzene rings is 2. The number of nitrogens with one attached hydrogen (secondary N) is 1. The van der Waals surface area contributed by atoms with Crippen molar-refractivity contribution in [3.8, 4) is 0 Å². The molecule has 0 amide bonds. The summed E-state index contributed by atoms with van der Waals surface area (Å²) < 4.78 is 2.29. The van der Waals surface area contributed by atoms with Crippen LogP contribution in [0.25, 0.3) is 10.9 Å². The minimum atomic E-state index is 0.805. The molecule has 3 heteroatoms. The van der Waals surface area contributed by atoms with Crippen LogP contribution >= 0.6 is 11.6 Å². The summed E-state index contributed by atoms with van der Waals surface area (Å²) in [6, 6.07) is 16.6. The van der Waals surface area contributed by atoms with E-state index in [-0.39, 0.29) is 0 Å². The molecule has 0 unspecified atom stereocenters. The molecule has 3 aromatic rings. The molecule has 0 fully saturated rings. The largest absolute Gasteiger partial charge is 0.343 e. The molecule has 0 aliphatic heterocycles. The second-order valence-corrected chi connectivity index (χ2v) is 5.65. The normalized spacial score (nSPS) is 11.1. The van der Waals surface area contributed by atoms with Gasteiger partial charge in [-0.25, -0.2) is 0 Å². The highest BCUT2D eigenvalue weighted by molar-refractivity contribution is 6.31. The molecule has 0 saturated heterocycles. The maximum atomic E-state index is 6.29. The fraction of sp³-hybridized carbons (Fsp3) is 0.222. The van der Waals surface area contributed by atoms with E-state index in [1.807, 2.05) is 25.2 Å². The summed E-state index contributed by atoms with van der Waals surface area (Å²) in [5, 5.41) is 5.38. The summed E-state index contributed by atoms with van der Waals surface area (Å²) in [7, 11) is 1.99. The molecule has 0 atom stereocenters. The molecule has 0 bridgehead atoms. The van der Waals surface area contributed by atoms with Crippen molar-refractivity contribution in [1.82, 2.24) is 9.88 Å². The molecular formula is C18H19ClN2. The molecule has 1 N–H and O–H groups in total. The summed E-state index contributed by atoms with van der Waals surface area (Å²) in [4.78, 5) is 0. The second kappa shape index (κ2) is 6.33. The molecular weight excluding hydrogens is 280 g/mol. The van der Waals surface area contributed by atoms with Gasteiger partial charge >= 0.3 is 0 Å². The number of fused-ring (bicyclic) bond motifs is 1. The predicted octanol–water partition coefficient (Wildman–Crippen LogP) is 4.10. The van der Waals surface area contributed by atoms with Gasteiger partial charge in [0.15, 0.2) is 0 Å². The molecule has 0 aliphatic rings. The summed E-state index contributed by atoms with van der Waals surface area (Å²) in [5.41, 5.74) is 3.80. The van der Waals surface area contributed by atoms with E-state index in [9.17, 15) is 0 Å². The highest BCUT2D eigenvalue weighted by atomic mass is 35.5. The number of nitrogens with zero attached hydrogens (tertiary/aromatic N) is 1. The van der Waals surface area contributed by atoms with Gasteiger partial charge in [0.25, 0.3) is 0 Å². The average molecular weight is 299 g/mol. The van der Waals surface area contributed by atoms with Crippen molar-refractivity contribution in [3.05, 3.63) is 70.9 Å². The Hall–Kier alpha value is -1.77. The quantitative estimate of drug-likeness (QED) is 0.750. The number of para-hydroxylation sites is 1. The number of rotatable bonds is 5. The van der Waals surface area contributed by atoms with E-state index in [2.05, 4.69) is 46.4 Å². The van der Waals surface area contributed by atoms with Gasteiger partial charge in [0.05, 0.1) is 0 Å². The molecule has 0 spiro atoms. The standard InChI is InChI=1S/C18H19ClN2/c1-20-11-10-14-12-21(18-9-5-3-7-16(14)18)13-15-6-2-4-8-17(15)19/h2-9,12,20H,10-11,13H2,1H3. The molecule has 1 heterocycles. The van der Waals surface area contributed by atoms with Crippen LogP contribution in [0.1, 0.15) is 11.1 Å². The van der Waals surface area contributed by atoms with Gasteiger partial charge in [-0.2, -0.15) is 0 Å². The number of likely N-dealkylation sites (N-methyl/N-ethyl adjacent to an activating group) is 1. The van der Waals surface area contributed by atoms with Gasteiger partial charge in [0.2, 0.25) is 0 Å². The van der Waals surface area contributed by atoms with Crippen LogP contribution in [-0.4, -0.2) is 18.2 Å². The number of halogens is 1. The van der Waals surface area contributed by atoms with Gasteiger partial charge < -0.3 is 9.88 Å². The predicted molar refractivity (Wildman–Crippen MR) is 90.1 cm³/mol. The van der Waals surface area contributed by atoms with Crippen LogP contribution in [0.3, 0.4) is 0 Å². The Kier molecular flexibility index (Phi) is 4.28. The van der Waals surface area contributed by atoms with E-state index in [0.717, 1.165) is 30.1 Å². The Bertz CT molecular complexity index is 746. The monoisotopic (exact) mass is 298 g/mol. The van der Waals surface area contributed by atoms with Crippen molar-refractivity contribution in [1.29, 1.82) is 0 Å². The highest BCUT2D eigenvalue weighted by Gasteiger charge is 2.09. The minimum Gasteiger partial charge on any atom is -0.343 e. The van der Waals surface area contributed by atoms with Gasteiger partial charge in [-0.15, -0.1) is 0 Å². The maximum absolute atomic E-state index is 6.29. The molecule has 108 valence electrons. The topological polar surface area (TPSA) is 17.0 Å². The van der Waals surface area contributed by atoms with Crippen LogP contribution in [0.15, 0.2) is 54.7 Å². The van der Waals surface area contributed by atoms with E-state index >= 15 is 0 Å². The first-order valence-electron chi connectivity index (χ1n) is 7.24. The molecule has 2 aromatic carbocycles. The second-order valence-electron chi connectivity index (χ2n) is 5.24. The van der Waals surface area contributed by atoms with E-state index in [1.54, 1.807) is 0 Å². The van der Waals surface area contributed by atoms with Crippen LogP contribution in [0, 0.1) is 0 Å². The summed E-state index contributed by atoms with van der Waals surface area (Å²) in [6.45, 7) is 1.79. The van der Waals surface area contributed by atoms with Crippen molar-refractivity contribution < 1.29 is 0 Å². The SMILES string of the molecule is CNCCc1cn(Cc2ccccc2Cl)c2ccccc12. The molecule has 1 aromatic heterocycles. The van der Waals surface area contributed by atoms with Crippen molar-refractivity contribution in [2.75, 3.05) is 13.6 Å². The Balaban J connectivity index is 2.00. The lowest BCUT2D eigenvalue weighted by molar-refractivity contribution is 0.783. The number of hydrogen-bond acceptors (Lipinski definition) is 1. The smallest absolute Gasteiger partial charge is 0.0491 e. The van der Waals surface area contributed by atoms with Crippen LogP contribution in [0.4, 0.5) is 0 Å². The lowest BCUT2D eigenvalue weighted by atomic mass is 10.1. The van der Waals surface area contributed by atoms with Crippen LogP contribution in [0.2, 0.25) is 5.02 Å². The van der Waals surface area contributed by atoms with Crippen molar-refractivity contribution in [2.45, 2.75) is 13.0 Å². The first-order valence-corrected chi connectivity index (χ1v) is 7.62. The fourth-order valence-electron chi connectivity index (χ4n) is 2.72. The number of aromatic nitrogens is 1. The first-order chi connectivity index (χ1) is 10.3. The van der Waals surface area contributed by atoms with Crippen LogP contribution in [0.5, 0.6) is 0 Å². The van der Waals surface area contributed by atoms with Gasteiger partial charge in [-0.1, -0.05) is 48.0 Å². The Morgan fingerprint density at radius 3 is 2.57 bits per heavy atom. The number of hydrogen-bond donors (Lipinski definition) is 1. The molecule has 0 aliphatic carbocycles. The summed E-state index contributed by atoms with van der Waals surface area (Å²) in [6.07, 6.45) is 3.29. The molecule has 21 heavy (non-hydrogen) atoms. The average Bonchev–Trinajstić information content (AvgIpc) is 2.86. The Morgan fingerprint density at radius 1 is 1.00 bits per heavy atom. The zero-order valence-electron chi connectivity index (χ0n) is 12.1. The lowest BCUT2D eigenvalue weighted by Gasteiger charge is -2.07. The minimum absolute atomic E-state index is 0.805. The third-order valence-corrected chi connectivity index (χ3v) is 4.18. The van der Waals surface area contributed by atoms with Crippen molar-refractivity contribution in [3.63, 3.8) is 0 Å². The lowest BCUT2D eigenvalue weighted by Crippen LogP contribution is -2.10. The maximum Gasteiger partial charge on any atom is 0.0491 e. The van der Waals surface area contributed by atoms with Crippen LogP contribution in [-0.2, 0) is 13.0 Å². The Morgan fingerprint density at radius 2 is 1.76 bits per heavy atom. The van der Waals surface area contributed by atoms with E-state index in [4.69, 9.17) is 11.6 Å². The molecule has 0 saturated carbocycles. The fourth-order valence-corrected chi connectivity index (χ4v) is 2.92. The summed E-state index contributed by atoms with van der Waals surface area (Å²) in [5.74, 6) is 0. The zero-order chi connectivity index (χ0) is 14.7. The Labute approximate surface area is 130 Å². The van der Waals surface area contributed by atoms with E-state index in [1.165, 1.54) is 16.5 Å². The van der Waals surface area contributed by atoms with Crippen molar-refractivity contribution in [2.24, 2.45) is 0 Å². The third-order valence-electron chi connectivity index (χ3n) is 3.81. The van der Waals surface area contributed by atoms with Gasteiger partial charge in [-0.3, -0.25) is 0 Å². The van der Waals surface area contributed by atoms with Gasteiger partial charge in [0, 0.05) is 28.7 Å². The van der Waals surface area contributed by atoms with E-state index < -0.39 is 0 Å². The third kappa shape index (κ3) is 2.97. The van der Waals surface area contributed by atoms with Crippen LogP contribution < -0.4 is 5.32 Å². The van der Waals surface area contributed by atoms with Crippen molar-refractivity contribution >= 4 is 22.5 Å². The molecule has 3 rings (SSSR count). The van der Waals surface area contributed by atoms with Gasteiger partial charge in [0.1, 0.15) is 0 Å². The molecule has 0 radical (unpaired) electrons.